The van der Waals surface area contributed by atoms with Crippen molar-refractivity contribution in [3.05, 3.63) is 41.5 Å². The van der Waals surface area contributed by atoms with Crippen molar-refractivity contribution in [3.8, 4) is 5.75 Å². The maximum atomic E-state index is 5.23. The third-order valence-corrected chi connectivity index (χ3v) is 6.58. The Morgan fingerprint density at radius 3 is 2.69 bits per heavy atom. The Bertz CT molecular complexity index is 804. The monoisotopic (exact) mass is 416 g/mol. The molecule has 2 aromatic rings. The SMILES string of the molecule is COc1ccc(CCNC(=NCc2nnc(C)n2C)NC2CCC(SC)C2)cc1. The van der Waals surface area contributed by atoms with Gasteiger partial charge in [-0.05, 0) is 56.6 Å². The molecule has 2 atom stereocenters. The predicted octanol–water partition coefficient (Wildman–Crippen LogP) is 2.69. The molecular formula is C21H32N6OS. The van der Waals surface area contributed by atoms with Crippen LogP contribution in [-0.2, 0) is 20.0 Å². The number of thioether (sulfide) groups is 1. The second-order valence-corrected chi connectivity index (χ2v) is 8.56. The molecule has 1 heterocycles. The van der Waals surface area contributed by atoms with Crippen LogP contribution in [0.4, 0.5) is 0 Å². The Hall–Kier alpha value is -2.22. The van der Waals surface area contributed by atoms with Crippen molar-refractivity contribution in [1.82, 2.24) is 25.4 Å². The molecule has 0 bridgehead atoms. The van der Waals surface area contributed by atoms with Gasteiger partial charge < -0.3 is 19.9 Å². The molecule has 1 aliphatic carbocycles. The Morgan fingerprint density at radius 1 is 1.28 bits per heavy atom. The van der Waals surface area contributed by atoms with Gasteiger partial charge in [0.15, 0.2) is 11.8 Å². The summed E-state index contributed by atoms with van der Waals surface area (Å²) >= 11 is 1.96. The van der Waals surface area contributed by atoms with E-state index in [0.717, 1.165) is 41.6 Å². The summed E-state index contributed by atoms with van der Waals surface area (Å²) < 4.78 is 7.21. The van der Waals surface area contributed by atoms with Crippen LogP contribution in [0.2, 0.25) is 0 Å². The first-order valence-electron chi connectivity index (χ1n) is 10.1. The molecule has 3 rings (SSSR count). The average Bonchev–Trinajstić information content (AvgIpc) is 3.33. The van der Waals surface area contributed by atoms with Crippen molar-refractivity contribution in [2.45, 2.75) is 50.4 Å². The molecule has 8 heteroatoms. The summed E-state index contributed by atoms with van der Waals surface area (Å²) in [6.45, 7) is 3.27. The van der Waals surface area contributed by atoms with E-state index in [2.05, 4.69) is 39.2 Å². The number of methoxy groups -OCH3 is 1. The molecule has 1 fully saturated rings. The van der Waals surface area contributed by atoms with E-state index in [1.54, 1.807) is 7.11 Å². The van der Waals surface area contributed by atoms with Crippen LogP contribution in [0.1, 0.15) is 36.5 Å². The van der Waals surface area contributed by atoms with Crippen LogP contribution < -0.4 is 15.4 Å². The normalized spacial score (nSPS) is 19.4. The van der Waals surface area contributed by atoms with Crippen LogP contribution in [0.5, 0.6) is 5.75 Å². The lowest BCUT2D eigenvalue weighted by molar-refractivity contribution is 0.414. The van der Waals surface area contributed by atoms with Crippen molar-refractivity contribution in [1.29, 1.82) is 0 Å². The van der Waals surface area contributed by atoms with Crippen molar-refractivity contribution in [2.24, 2.45) is 12.0 Å². The zero-order chi connectivity index (χ0) is 20.6. The topological polar surface area (TPSA) is 76.4 Å². The summed E-state index contributed by atoms with van der Waals surface area (Å²) in [7, 11) is 3.67. The summed E-state index contributed by atoms with van der Waals surface area (Å²) in [6.07, 6.45) is 6.76. The smallest absolute Gasteiger partial charge is 0.191 e. The van der Waals surface area contributed by atoms with Gasteiger partial charge in [-0.2, -0.15) is 11.8 Å². The minimum Gasteiger partial charge on any atom is -0.497 e. The van der Waals surface area contributed by atoms with Gasteiger partial charge in [-0.15, -0.1) is 10.2 Å². The molecule has 29 heavy (non-hydrogen) atoms. The van der Waals surface area contributed by atoms with E-state index in [-0.39, 0.29) is 0 Å². The second-order valence-electron chi connectivity index (χ2n) is 7.42. The van der Waals surface area contributed by atoms with Gasteiger partial charge in [0.2, 0.25) is 0 Å². The number of nitrogens with one attached hydrogen (secondary N) is 2. The number of rotatable bonds is 8. The number of aryl methyl sites for hydroxylation is 1. The molecule has 2 N–H and O–H groups in total. The third kappa shape index (κ3) is 6.13. The average molecular weight is 417 g/mol. The highest BCUT2D eigenvalue weighted by atomic mass is 32.2. The molecule has 0 saturated heterocycles. The highest BCUT2D eigenvalue weighted by molar-refractivity contribution is 7.99. The number of guanidine groups is 1. The number of benzene rings is 1. The summed E-state index contributed by atoms with van der Waals surface area (Å²) in [5, 5.41) is 16.2. The number of hydrogen-bond donors (Lipinski definition) is 2. The molecule has 1 aliphatic rings. The van der Waals surface area contributed by atoms with Crippen LogP contribution >= 0.6 is 11.8 Å². The molecule has 1 saturated carbocycles. The minimum atomic E-state index is 0.473. The molecular weight excluding hydrogens is 384 g/mol. The van der Waals surface area contributed by atoms with Crippen LogP contribution in [0.15, 0.2) is 29.3 Å². The fourth-order valence-electron chi connectivity index (χ4n) is 3.49. The van der Waals surface area contributed by atoms with Crippen LogP contribution in [0.25, 0.3) is 0 Å². The largest absolute Gasteiger partial charge is 0.497 e. The van der Waals surface area contributed by atoms with E-state index < -0.39 is 0 Å². The van der Waals surface area contributed by atoms with Gasteiger partial charge >= 0.3 is 0 Å². The number of aromatic nitrogens is 3. The molecule has 1 aromatic carbocycles. The summed E-state index contributed by atoms with van der Waals surface area (Å²) in [6, 6.07) is 8.68. The lowest BCUT2D eigenvalue weighted by Crippen LogP contribution is -2.43. The van der Waals surface area contributed by atoms with Crippen molar-refractivity contribution >= 4 is 17.7 Å². The van der Waals surface area contributed by atoms with Crippen LogP contribution in [0.3, 0.4) is 0 Å². The van der Waals surface area contributed by atoms with Gasteiger partial charge in [0.05, 0.1) is 7.11 Å². The fraction of sp³-hybridized carbons (Fsp3) is 0.571. The van der Waals surface area contributed by atoms with E-state index in [1.165, 1.54) is 24.8 Å². The van der Waals surface area contributed by atoms with E-state index >= 15 is 0 Å². The molecule has 2 unspecified atom stereocenters. The van der Waals surface area contributed by atoms with Gasteiger partial charge in [0.25, 0.3) is 0 Å². The van der Waals surface area contributed by atoms with Gasteiger partial charge in [-0.1, -0.05) is 12.1 Å². The van der Waals surface area contributed by atoms with E-state index in [1.807, 2.05) is 42.4 Å². The molecule has 0 amide bonds. The number of aliphatic imine (C=N–C) groups is 1. The van der Waals surface area contributed by atoms with Crippen molar-refractivity contribution in [2.75, 3.05) is 19.9 Å². The van der Waals surface area contributed by atoms with Gasteiger partial charge in [0.1, 0.15) is 18.1 Å². The van der Waals surface area contributed by atoms with Crippen LogP contribution in [-0.4, -0.2) is 51.9 Å². The highest BCUT2D eigenvalue weighted by Crippen LogP contribution is 2.28. The number of hydrogen-bond acceptors (Lipinski definition) is 5. The zero-order valence-corrected chi connectivity index (χ0v) is 18.6. The second kappa shape index (κ2) is 10.5. The minimum absolute atomic E-state index is 0.473. The fourth-order valence-corrected chi connectivity index (χ4v) is 4.28. The Labute approximate surface area is 177 Å². The molecule has 0 aliphatic heterocycles. The number of ether oxygens (including phenoxy) is 1. The standard InChI is InChI=1S/C21H32N6OS/c1-15-25-26-20(27(15)2)14-23-21(24-17-7-10-19(13-17)29-4)22-12-11-16-5-8-18(28-3)9-6-16/h5-6,8-9,17,19H,7,10-14H2,1-4H3,(H2,22,23,24). The quantitative estimate of drug-likeness (QED) is 0.509. The summed E-state index contributed by atoms with van der Waals surface area (Å²) in [5.41, 5.74) is 1.27. The first-order valence-corrected chi connectivity index (χ1v) is 11.4. The Morgan fingerprint density at radius 2 is 2.07 bits per heavy atom. The van der Waals surface area contributed by atoms with Crippen molar-refractivity contribution < 1.29 is 4.74 Å². The molecule has 7 nitrogen and oxygen atoms in total. The Balaban J connectivity index is 1.59. The van der Waals surface area contributed by atoms with Gasteiger partial charge in [0, 0.05) is 24.9 Å². The molecule has 158 valence electrons. The first-order chi connectivity index (χ1) is 14.1. The molecule has 1 aromatic heterocycles. The molecule has 0 radical (unpaired) electrons. The van der Waals surface area contributed by atoms with E-state index in [9.17, 15) is 0 Å². The van der Waals surface area contributed by atoms with Crippen LogP contribution in [0, 0.1) is 6.92 Å². The lowest BCUT2D eigenvalue weighted by atomic mass is 10.1. The van der Waals surface area contributed by atoms with Gasteiger partial charge in [-0.3, -0.25) is 0 Å². The summed E-state index contributed by atoms with van der Waals surface area (Å²) in [4.78, 5) is 4.79. The first kappa shape index (κ1) is 21.5. The lowest BCUT2D eigenvalue weighted by Gasteiger charge is -2.18. The Kier molecular flexibility index (Phi) is 7.80. The van der Waals surface area contributed by atoms with E-state index in [0.29, 0.717) is 12.6 Å². The maximum Gasteiger partial charge on any atom is 0.191 e. The highest BCUT2D eigenvalue weighted by Gasteiger charge is 2.24. The van der Waals surface area contributed by atoms with Crippen molar-refractivity contribution in [3.63, 3.8) is 0 Å². The number of nitrogens with zero attached hydrogens (tertiary/aromatic N) is 4. The zero-order valence-electron chi connectivity index (χ0n) is 17.8. The predicted molar refractivity (Wildman–Crippen MR) is 120 cm³/mol. The van der Waals surface area contributed by atoms with Gasteiger partial charge in [-0.25, -0.2) is 4.99 Å². The summed E-state index contributed by atoms with van der Waals surface area (Å²) in [5.74, 6) is 3.50. The third-order valence-electron chi connectivity index (χ3n) is 5.49. The van der Waals surface area contributed by atoms with E-state index in [4.69, 9.17) is 9.73 Å². The molecule has 0 spiro atoms. The maximum absolute atomic E-state index is 5.23.